The van der Waals surface area contributed by atoms with E-state index in [0.717, 1.165) is 22.6 Å². The Kier molecular flexibility index (Phi) is 8.56. The number of hydrogen-bond acceptors (Lipinski definition) is 3. The fourth-order valence-corrected chi connectivity index (χ4v) is 2.06. The van der Waals surface area contributed by atoms with Crippen LogP contribution in [0.15, 0.2) is 53.5 Å². The van der Waals surface area contributed by atoms with E-state index in [4.69, 9.17) is 10.5 Å². The van der Waals surface area contributed by atoms with E-state index in [1.807, 2.05) is 62.4 Å². The van der Waals surface area contributed by atoms with Gasteiger partial charge in [0.05, 0.1) is 6.54 Å². The number of aliphatic hydroxyl groups is 1. The van der Waals surface area contributed by atoms with Gasteiger partial charge in [-0.3, -0.25) is 4.99 Å². The van der Waals surface area contributed by atoms with Crippen LogP contribution in [-0.2, 0) is 0 Å². The molecule has 130 valence electrons. The minimum atomic E-state index is -0.714. The average molecular weight is 441 g/mol. The maximum atomic E-state index is 9.92. The quantitative estimate of drug-likeness (QED) is 0.366. The summed E-state index contributed by atoms with van der Waals surface area (Å²) in [6.07, 6.45) is -0.714. The Labute approximate surface area is 160 Å². The van der Waals surface area contributed by atoms with Crippen LogP contribution in [0.25, 0.3) is 0 Å². The summed E-state index contributed by atoms with van der Waals surface area (Å²) in [6, 6.07) is 15.5. The molecule has 2 aromatic carbocycles. The van der Waals surface area contributed by atoms with Gasteiger partial charge in [-0.2, -0.15) is 0 Å². The summed E-state index contributed by atoms with van der Waals surface area (Å²) in [6.45, 7) is 4.34. The van der Waals surface area contributed by atoms with Crippen molar-refractivity contribution in [1.29, 1.82) is 0 Å². The van der Waals surface area contributed by atoms with Gasteiger partial charge in [0, 0.05) is 5.69 Å². The molecule has 0 radical (unpaired) electrons. The number of aliphatic imine (C=N–C) groups is 1. The number of rotatable bonds is 6. The molecule has 2 aromatic rings. The number of anilines is 1. The molecule has 1 atom stereocenters. The van der Waals surface area contributed by atoms with Gasteiger partial charge in [0.1, 0.15) is 18.5 Å². The number of nitrogens with zero attached hydrogens (tertiary/aromatic N) is 1. The number of halogens is 1. The Morgan fingerprint density at radius 2 is 1.83 bits per heavy atom. The van der Waals surface area contributed by atoms with E-state index >= 15 is 0 Å². The highest BCUT2D eigenvalue weighted by molar-refractivity contribution is 14.0. The third-order valence-electron chi connectivity index (χ3n) is 3.19. The largest absolute Gasteiger partial charge is 0.491 e. The van der Waals surface area contributed by atoms with E-state index in [-0.39, 0.29) is 43.1 Å². The summed E-state index contributed by atoms with van der Waals surface area (Å²) in [5, 5.41) is 12.9. The molecule has 0 aliphatic rings. The van der Waals surface area contributed by atoms with Crippen molar-refractivity contribution >= 4 is 35.6 Å². The van der Waals surface area contributed by atoms with Gasteiger partial charge in [-0.25, -0.2) is 0 Å². The maximum Gasteiger partial charge on any atom is 0.193 e. The summed E-state index contributed by atoms with van der Waals surface area (Å²) >= 11 is 0. The zero-order valence-electron chi connectivity index (χ0n) is 13.9. The Hall–Kier alpha value is -1.80. The van der Waals surface area contributed by atoms with Crippen molar-refractivity contribution in [3.63, 3.8) is 0 Å². The smallest absolute Gasteiger partial charge is 0.193 e. The fourth-order valence-electron chi connectivity index (χ4n) is 2.06. The highest BCUT2D eigenvalue weighted by atomic mass is 127. The van der Waals surface area contributed by atoms with Crippen molar-refractivity contribution in [3.05, 3.63) is 59.7 Å². The molecule has 2 rings (SSSR count). The van der Waals surface area contributed by atoms with Gasteiger partial charge < -0.3 is 20.9 Å². The van der Waals surface area contributed by atoms with Gasteiger partial charge >= 0.3 is 0 Å². The predicted molar refractivity (Wildman–Crippen MR) is 109 cm³/mol. The van der Waals surface area contributed by atoms with Crippen LogP contribution < -0.4 is 15.8 Å². The van der Waals surface area contributed by atoms with Crippen molar-refractivity contribution in [2.45, 2.75) is 20.0 Å². The molecule has 5 nitrogen and oxygen atoms in total. The topological polar surface area (TPSA) is 79.9 Å². The molecule has 1 unspecified atom stereocenters. The standard InChI is InChI=1S/C18H23N3O2.HI/c1-13-5-3-7-15(9-13)21-18(19)20-11-16(22)12-23-17-8-4-6-14(2)10-17;/h3-10,16,22H,11-12H2,1-2H3,(H3,19,20,21);1H. The van der Waals surface area contributed by atoms with Crippen LogP contribution in [0, 0.1) is 13.8 Å². The van der Waals surface area contributed by atoms with Gasteiger partial charge in [0.2, 0.25) is 0 Å². The Morgan fingerprint density at radius 3 is 2.50 bits per heavy atom. The molecule has 0 amide bonds. The monoisotopic (exact) mass is 441 g/mol. The van der Waals surface area contributed by atoms with Gasteiger partial charge in [0.15, 0.2) is 5.96 Å². The van der Waals surface area contributed by atoms with E-state index in [1.165, 1.54) is 0 Å². The molecule has 0 heterocycles. The van der Waals surface area contributed by atoms with Crippen molar-refractivity contribution in [1.82, 2.24) is 0 Å². The third kappa shape index (κ3) is 7.18. The first-order valence-corrected chi connectivity index (χ1v) is 7.54. The second kappa shape index (κ2) is 10.1. The van der Waals surface area contributed by atoms with E-state index in [2.05, 4.69) is 10.3 Å². The van der Waals surface area contributed by atoms with Gasteiger partial charge in [0.25, 0.3) is 0 Å². The average Bonchev–Trinajstić information content (AvgIpc) is 2.51. The lowest BCUT2D eigenvalue weighted by molar-refractivity contribution is 0.114. The van der Waals surface area contributed by atoms with Gasteiger partial charge in [-0.1, -0.05) is 24.3 Å². The molecule has 6 heteroatoms. The van der Waals surface area contributed by atoms with Gasteiger partial charge in [-0.05, 0) is 49.2 Å². The summed E-state index contributed by atoms with van der Waals surface area (Å²) < 4.78 is 5.53. The molecule has 0 aliphatic carbocycles. The first kappa shape index (κ1) is 20.2. The Bertz CT molecular complexity index is 677. The van der Waals surface area contributed by atoms with Crippen LogP contribution >= 0.6 is 24.0 Å². The fraction of sp³-hybridized carbons (Fsp3) is 0.278. The number of hydrogen-bond donors (Lipinski definition) is 3. The van der Waals surface area contributed by atoms with E-state index in [9.17, 15) is 5.11 Å². The summed E-state index contributed by atoms with van der Waals surface area (Å²) in [5.74, 6) is 1.00. The third-order valence-corrected chi connectivity index (χ3v) is 3.19. The molecule has 0 aromatic heterocycles. The van der Waals surface area contributed by atoms with Crippen LogP contribution in [0.2, 0.25) is 0 Å². The molecule has 0 saturated carbocycles. The molecule has 0 spiro atoms. The molecule has 0 bridgehead atoms. The molecule has 0 saturated heterocycles. The minimum absolute atomic E-state index is 0. The van der Waals surface area contributed by atoms with E-state index in [0.29, 0.717) is 0 Å². The summed E-state index contributed by atoms with van der Waals surface area (Å²) in [4.78, 5) is 4.13. The van der Waals surface area contributed by atoms with Crippen LogP contribution in [0.5, 0.6) is 5.75 Å². The lowest BCUT2D eigenvalue weighted by Crippen LogP contribution is -2.27. The lowest BCUT2D eigenvalue weighted by atomic mass is 10.2. The van der Waals surface area contributed by atoms with Crippen molar-refractivity contribution in [3.8, 4) is 5.75 Å². The molecule has 0 fully saturated rings. The van der Waals surface area contributed by atoms with Crippen molar-refractivity contribution in [2.75, 3.05) is 18.5 Å². The first-order chi connectivity index (χ1) is 11.0. The molecule has 0 aliphatic heterocycles. The second-order valence-electron chi connectivity index (χ2n) is 5.50. The molecule has 4 N–H and O–H groups in total. The number of ether oxygens (including phenoxy) is 1. The Morgan fingerprint density at radius 1 is 1.17 bits per heavy atom. The summed E-state index contributed by atoms with van der Waals surface area (Å²) in [5.41, 5.74) is 8.94. The highest BCUT2D eigenvalue weighted by Gasteiger charge is 2.05. The maximum absolute atomic E-state index is 9.92. The number of benzene rings is 2. The molecular weight excluding hydrogens is 417 g/mol. The number of guanidine groups is 1. The van der Waals surface area contributed by atoms with Crippen LogP contribution in [0.3, 0.4) is 0 Å². The van der Waals surface area contributed by atoms with E-state index < -0.39 is 6.10 Å². The predicted octanol–water partition coefficient (Wildman–Crippen LogP) is 3.09. The van der Waals surface area contributed by atoms with Crippen LogP contribution in [0.4, 0.5) is 5.69 Å². The zero-order valence-corrected chi connectivity index (χ0v) is 16.2. The van der Waals surface area contributed by atoms with Crippen LogP contribution in [0.1, 0.15) is 11.1 Å². The SMILES string of the molecule is Cc1cccc(NC(N)=NCC(O)COc2cccc(C)c2)c1.I. The molecule has 24 heavy (non-hydrogen) atoms. The minimum Gasteiger partial charge on any atom is -0.491 e. The Balaban J connectivity index is 0.00000288. The zero-order chi connectivity index (χ0) is 16.7. The number of aliphatic hydroxyl groups excluding tert-OH is 1. The first-order valence-electron chi connectivity index (χ1n) is 7.54. The lowest BCUT2D eigenvalue weighted by Gasteiger charge is -2.12. The second-order valence-corrected chi connectivity index (χ2v) is 5.50. The highest BCUT2D eigenvalue weighted by Crippen LogP contribution is 2.12. The van der Waals surface area contributed by atoms with Gasteiger partial charge in [-0.15, -0.1) is 24.0 Å². The number of nitrogens with two attached hydrogens (primary N) is 1. The normalized spacial score (nSPS) is 12.2. The number of nitrogens with one attached hydrogen (secondary N) is 1. The van der Waals surface area contributed by atoms with Crippen molar-refractivity contribution < 1.29 is 9.84 Å². The molecular formula is C18H24IN3O2. The number of aryl methyl sites for hydroxylation is 2. The van der Waals surface area contributed by atoms with Crippen molar-refractivity contribution in [2.24, 2.45) is 10.7 Å². The summed E-state index contributed by atoms with van der Waals surface area (Å²) in [7, 11) is 0. The van der Waals surface area contributed by atoms with Crippen LogP contribution in [-0.4, -0.2) is 30.3 Å². The van der Waals surface area contributed by atoms with E-state index in [1.54, 1.807) is 0 Å².